The lowest BCUT2D eigenvalue weighted by Gasteiger charge is -2.03. The zero-order valence-corrected chi connectivity index (χ0v) is 11.3. The maximum absolute atomic E-state index is 12.0. The second-order valence-corrected chi connectivity index (χ2v) is 6.33. The van der Waals surface area contributed by atoms with Crippen LogP contribution in [0.4, 0.5) is 5.69 Å². The van der Waals surface area contributed by atoms with E-state index in [4.69, 9.17) is 0 Å². The molecule has 20 heavy (non-hydrogen) atoms. The van der Waals surface area contributed by atoms with E-state index in [1.54, 1.807) is 24.3 Å². The van der Waals surface area contributed by atoms with E-state index in [9.17, 15) is 18.5 Å². The van der Waals surface area contributed by atoms with Crippen LogP contribution in [0.25, 0.3) is 21.8 Å². The van der Waals surface area contributed by atoms with Crippen molar-refractivity contribution in [3.63, 3.8) is 0 Å². The first kappa shape index (κ1) is 12.6. The van der Waals surface area contributed by atoms with Gasteiger partial charge in [-0.15, -0.1) is 0 Å². The maximum atomic E-state index is 12.0. The first-order valence-corrected chi connectivity index (χ1v) is 7.62. The van der Waals surface area contributed by atoms with E-state index >= 15 is 0 Å². The van der Waals surface area contributed by atoms with Crippen molar-refractivity contribution in [2.75, 3.05) is 6.26 Å². The molecule has 0 aliphatic heterocycles. The summed E-state index contributed by atoms with van der Waals surface area (Å²) in [6.45, 7) is 0. The highest BCUT2D eigenvalue weighted by molar-refractivity contribution is 7.89. The molecule has 0 radical (unpaired) electrons. The molecule has 0 spiro atoms. The van der Waals surface area contributed by atoms with Gasteiger partial charge in [-0.2, -0.15) is 0 Å². The quantitative estimate of drug-likeness (QED) is 0.536. The van der Waals surface area contributed by atoms with Gasteiger partial charge in [-0.25, -0.2) is 12.4 Å². The van der Waals surface area contributed by atoms with Crippen LogP contribution in [0.5, 0.6) is 0 Å². The molecule has 0 N–H and O–H groups in total. The number of non-ortho nitro benzene ring substituents is 1. The van der Waals surface area contributed by atoms with Crippen molar-refractivity contribution in [1.82, 2.24) is 3.97 Å². The van der Waals surface area contributed by atoms with Crippen LogP contribution in [0.2, 0.25) is 0 Å². The summed E-state index contributed by atoms with van der Waals surface area (Å²) in [5.41, 5.74) is 0.902. The lowest BCUT2D eigenvalue weighted by molar-refractivity contribution is -0.384. The Morgan fingerprint density at radius 3 is 2.35 bits per heavy atom. The summed E-state index contributed by atoms with van der Waals surface area (Å²) < 4.78 is 25.1. The predicted molar refractivity (Wildman–Crippen MR) is 76.3 cm³/mol. The number of para-hydroxylation sites is 1. The monoisotopic (exact) mass is 290 g/mol. The van der Waals surface area contributed by atoms with Crippen LogP contribution in [0, 0.1) is 10.1 Å². The lowest BCUT2D eigenvalue weighted by Crippen LogP contribution is -2.09. The normalized spacial score (nSPS) is 12.1. The van der Waals surface area contributed by atoms with E-state index < -0.39 is 14.9 Å². The number of nitro groups is 1. The Bertz CT molecular complexity index is 957. The van der Waals surface area contributed by atoms with Gasteiger partial charge in [0.2, 0.25) is 10.0 Å². The molecule has 0 bridgehead atoms. The molecule has 6 nitrogen and oxygen atoms in total. The summed E-state index contributed by atoms with van der Waals surface area (Å²) in [5, 5.41) is 12.1. The van der Waals surface area contributed by atoms with Gasteiger partial charge in [0, 0.05) is 22.9 Å². The zero-order chi connectivity index (χ0) is 14.5. The van der Waals surface area contributed by atoms with Crippen molar-refractivity contribution in [3.05, 3.63) is 52.6 Å². The van der Waals surface area contributed by atoms with Gasteiger partial charge in [0.25, 0.3) is 5.69 Å². The third-order valence-corrected chi connectivity index (χ3v) is 4.21. The van der Waals surface area contributed by atoms with Crippen molar-refractivity contribution in [3.8, 4) is 0 Å². The Balaban J connectivity index is 2.58. The fourth-order valence-electron chi connectivity index (χ4n) is 2.40. The number of nitro benzene ring substituents is 1. The van der Waals surface area contributed by atoms with Gasteiger partial charge in [-0.05, 0) is 12.1 Å². The molecule has 3 aromatic rings. The second-order valence-electron chi connectivity index (χ2n) is 4.50. The highest BCUT2D eigenvalue weighted by Gasteiger charge is 2.18. The van der Waals surface area contributed by atoms with Crippen molar-refractivity contribution in [2.45, 2.75) is 0 Å². The minimum atomic E-state index is -3.50. The molecular formula is C13H10N2O4S. The van der Waals surface area contributed by atoms with E-state index in [-0.39, 0.29) is 5.69 Å². The number of fused-ring (bicyclic) bond motifs is 3. The molecule has 0 unspecified atom stereocenters. The SMILES string of the molecule is CS(=O)(=O)n1c2ccccc2c2cc([N+](=O)[O-])ccc21. The van der Waals surface area contributed by atoms with Crippen molar-refractivity contribution < 1.29 is 13.3 Å². The first-order chi connectivity index (χ1) is 9.39. The second kappa shape index (κ2) is 4.04. The predicted octanol–water partition coefficient (Wildman–Crippen LogP) is 2.51. The smallest absolute Gasteiger partial charge is 0.258 e. The number of aromatic nitrogens is 1. The molecule has 0 saturated heterocycles. The van der Waals surface area contributed by atoms with E-state index in [1.165, 1.54) is 22.2 Å². The average Bonchev–Trinajstić information content (AvgIpc) is 2.71. The highest BCUT2D eigenvalue weighted by Crippen LogP contribution is 2.32. The molecule has 2 aromatic carbocycles. The van der Waals surface area contributed by atoms with E-state index in [1.807, 2.05) is 0 Å². The van der Waals surface area contributed by atoms with Gasteiger partial charge in [0.1, 0.15) is 0 Å². The van der Waals surface area contributed by atoms with Crippen molar-refractivity contribution >= 4 is 37.5 Å². The third kappa shape index (κ3) is 1.75. The van der Waals surface area contributed by atoms with E-state index in [0.717, 1.165) is 6.26 Å². The van der Waals surface area contributed by atoms with Crippen molar-refractivity contribution in [2.24, 2.45) is 0 Å². The molecule has 0 fully saturated rings. The molecule has 0 aliphatic rings. The third-order valence-electron chi connectivity index (χ3n) is 3.15. The van der Waals surface area contributed by atoms with Gasteiger partial charge in [-0.3, -0.25) is 10.1 Å². The van der Waals surface area contributed by atoms with Crippen LogP contribution in [0.15, 0.2) is 42.5 Å². The first-order valence-electron chi connectivity index (χ1n) is 5.78. The number of nitrogens with zero attached hydrogens (tertiary/aromatic N) is 2. The Kier molecular flexibility index (Phi) is 2.55. The van der Waals surface area contributed by atoms with Crippen LogP contribution in [-0.2, 0) is 10.0 Å². The standard InChI is InChI=1S/C13H10N2O4S/c1-20(18,19)14-12-5-3-2-4-10(12)11-8-9(15(16)17)6-7-13(11)14/h2-8H,1H3. The molecular weight excluding hydrogens is 280 g/mol. The van der Waals surface area contributed by atoms with Gasteiger partial charge < -0.3 is 0 Å². The van der Waals surface area contributed by atoms with Gasteiger partial charge >= 0.3 is 0 Å². The van der Waals surface area contributed by atoms with Crippen LogP contribution in [-0.4, -0.2) is 23.6 Å². The van der Waals surface area contributed by atoms with Gasteiger partial charge in [-0.1, -0.05) is 18.2 Å². The average molecular weight is 290 g/mol. The fourth-order valence-corrected chi connectivity index (χ4v) is 3.43. The molecule has 0 atom stereocenters. The lowest BCUT2D eigenvalue weighted by atomic mass is 10.1. The molecule has 7 heteroatoms. The molecule has 0 aliphatic carbocycles. The Morgan fingerprint density at radius 2 is 1.70 bits per heavy atom. The van der Waals surface area contributed by atoms with Crippen LogP contribution in [0.1, 0.15) is 0 Å². The van der Waals surface area contributed by atoms with Gasteiger partial charge in [0.05, 0.1) is 22.2 Å². The number of hydrogen-bond donors (Lipinski definition) is 0. The minimum absolute atomic E-state index is 0.0612. The molecule has 0 amide bonds. The molecule has 102 valence electrons. The number of benzene rings is 2. The highest BCUT2D eigenvalue weighted by atomic mass is 32.2. The molecule has 0 saturated carbocycles. The molecule has 1 heterocycles. The number of hydrogen-bond acceptors (Lipinski definition) is 4. The van der Waals surface area contributed by atoms with Crippen molar-refractivity contribution in [1.29, 1.82) is 0 Å². The van der Waals surface area contributed by atoms with E-state index in [0.29, 0.717) is 21.8 Å². The number of rotatable bonds is 2. The van der Waals surface area contributed by atoms with Crippen LogP contribution < -0.4 is 0 Å². The summed E-state index contributed by atoms with van der Waals surface area (Å²) in [4.78, 5) is 10.4. The van der Waals surface area contributed by atoms with Crippen LogP contribution in [0.3, 0.4) is 0 Å². The molecule has 1 aromatic heterocycles. The largest absolute Gasteiger partial charge is 0.270 e. The Hall–Kier alpha value is -2.41. The summed E-state index contributed by atoms with van der Waals surface area (Å²) in [6, 6.07) is 11.1. The zero-order valence-electron chi connectivity index (χ0n) is 10.5. The summed E-state index contributed by atoms with van der Waals surface area (Å²) in [6.07, 6.45) is 1.11. The summed E-state index contributed by atoms with van der Waals surface area (Å²) in [5.74, 6) is 0. The minimum Gasteiger partial charge on any atom is -0.258 e. The fraction of sp³-hybridized carbons (Fsp3) is 0.0769. The van der Waals surface area contributed by atoms with Crippen LogP contribution >= 0.6 is 0 Å². The summed E-state index contributed by atoms with van der Waals surface area (Å²) in [7, 11) is -3.50. The maximum Gasteiger partial charge on any atom is 0.270 e. The Labute approximate surface area is 114 Å². The summed E-state index contributed by atoms with van der Waals surface area (Å²) >= 11 is 0. The van der Waals surface area contributed by atoms with Gasteiger partial charge in [0.15, 0.2) is 0 Å². The molecule has 3 rings (SSSR count). The Morgan fingerprint density at radius 1 is 1.05 bits per heavy atom. The van der Waals surface area contributed by atoms with E-state index in [2.05, 4.69) is 0 Å². The topological polar surface area (TPSA) is 82.2 Å².